The molecule has 2 heterocycles. The normalized spacial score (nSPS) is 16.0. The van der Waals surface area contributed by atoms with E-state index in [1.165, 1.54) is 0 Å². The Bertz CT molecular complexity index is 499. The van der Waals surface area contributed by atoms with Crippen molar-refractivity contribution in [2.24, 2.45) is 5.92 Å². The van der Waals surface area contributed by atoms with Gasteiger partial charge < -0.3 is 9.64 Å². The Morgan fingerprint density at radius 3 is 2.70 bits per heavy atom. The fourth-order valence-corrected chi connectivity index (χ4v) is 2.46. The minimum absolute atomic E-state index is 0.00370. The van der Waals surface area contributed by atoms with E-state index >= 15 is 0 Å². The molecule has 2 rings (SSSR count). The Labute approximate surface area is 122 Å². The summed E-state index contributed by atoms with van der Waals surface area (Å²) >= 11 is 5.79. The third-order valence-electron chi connectivity index (χ3n) is 3.36. The van der Waals surface area contributed by atoms with E-state index in [2.05, 4.69) is 4.98 Å². The molecule has 0 bridgehead atoms. The molecule has 6 heteroatoms. The molecule has 1 aliphatic rings. The first-order valence-electron chi connectivity index (χ1n) is 6.70. The van der Waals surface area contributed by atoms with Crippen LogP contribution in [0.5, 0.6) is 0 Å². The van der Waals surface area contributed by atoms with Crippen LogP contribution >= 0.6 is 11.6 Å². The third-order valence-corrected chi connectivity index (χ3v) is 3.57. The first kappa shape index (κ1) is 14.8. The average Bonchev–Trinajstić information content (AvgIpc) is 2.47. The van der Waals surface area contributed by atoms with Crippen molar-refractivity contribution in [3.8, 4) is 0 Å². The molecule has 0 saturated carbocycles. The second-order valence-electron chi connectivity index (χ2n) is 4.67. The van der Waals surface area contributed by atoms with Crippen LogP contribution in [-0.2, 0) is 4.74 Å². The van der Waals surface area contributed by atoms with Crippen molar-refractivity contribution in [3.63, 3.8) is 0 Å². The second kappa shape index (κ2) is 6.70. The van der Waals surface area contributed by atoms with E-state index in [0.29, 0.717) is 43.4 Å². The lowest BCUT2D eigenvalue weighted by molar-refractivity contribution is 0.0750. The number of amides is 1. The van der Waals surface area contributed by atoms with Crippen molar-refractivity contribution in [3.05, 3.63) is 29.0 Å². The van der Waals surface area contributed by atoms with Gasteiger partial charge in [0.1, 0.15) is 10.8 Å². The number of ketones is 1. The van der Waals surface area contributed by atoms with Gasteiger partial charge in [0.25, 0.3) is 0 Å². The molecule has 0 radical (unpaired) electrons. The van der Waals surface area contributed by atoms with E-state index in [1.54, 1.807) is 30.0 Å². The van der Waals surface area contributed by atoms with E-state index in [4.69, 9.17) is 16.3 Å². The largest absolute Gasteiger partial charge is 0.450 e. The molecular formula is C14H17ClN2O3. The zero-order valence-corrected chi connectivity index (χ0v) is 12.1. The predicted molar refractivity (Wildman–Crippen MR) is 74.9 cm³/mol. The topological polar surface area (TPSA) is 59.5 Å². The maximum absolute atomic E-state index is 12.3. The number of nitrogens with zero attached hydrogens (tertiary/aromatic N) is 2. The van der Waals surface area contributed by atoms with E-state index in [0.717, 1.165) is 0 Å². The van der Waals surface area contributed by atoms with Gasteiger partial charge in [-0.2, -0.15) is 0 Å². The van der Waals surface area contributed by atoms with Gasteiger partial charge in [0.2, 0.25) is 0 Å². The quantitative estimate of drug-likeness (QED) is 0.636. The summed E-state index contributed by atoms with van der Waals surface area (Å²) in [6, 6.07) is 5.03. The molecule has 1 saturated heterocycles. The molecule has 5 nitrogen and oxygen atoms in total. The average molecular weight is 297 g/mol. The molecule has 0 atom stereocenters. The number of carbonyl (C=O) groups is 2. The van der Waals surface area contributed by atoms with Crippen LogP contribution in [0.25, 0.3) is 0 Å². The highest BCUT2D eigenvalue weighted by atomic mass is 35.5. The van der Waals surface area contributed by atoms with E-state index in [-0.39, 0.29) is 17.8 Å². The maximum atomic E-state index is 12.3. The van der Waals surface area contributed by atoms with Crippen molar-refractivity contribution < 1.29 is 14.3 Å². The molecule has 0 aromatic carbocycles. The van der Waals surface area contributed by atoms with Crippen LogP contribution in [0.1, 0.15) is 30.3 Å². The molecule has 1 amide bonds. The SMILES string of the molecule is CCOC(=O)N1CCC(C(=O)c2cccc(Cl)n2)CC1. The molecule has 1 fully saturated rings. The number of piperidine rings is 1. The van der Waals surface area contributed by atoms with Crippen molar-refractivity contribution in [1.29, 1.82) is 0 Å². The number of likely N-dealkylation sites (tertiary alicyclic amines) is 1. The number of hydrogen-bond donors (Lipinski definition) is 0. The minimum Gasteiger partial charge on any atom is -0.450 e. The molecule has 108 valence electrons. The smallest absolute Gasteiger partial charge is 0.409 e. The van der Waals surface area contributed by atoms with Crippen molar-refractivity contribution in [2.45, 2.75) is 19.8 Å². The van der Waals surface area contributed by atoms with Gasteiger partial charge in [0, 0.05) is 19.0 Å². The summed E-state index contributed by atoms with van der Waals surface area (Å²) in [5.41, 5.74) is 0.395. The summed E-state index contributed by atoms with van der Waals surface area (Å²) in [7, 11) is 0. The van der Waals surface area contributed by atoms with Crippen molar-refractivity contribution in [1.82, 2.24) is 9.88 Å². The van der Waals surface area contributed by atoms with Crippen LogP contribution in [0.15, 0.2) is 18.2 Å². The highest BCUT2D eigenvalue weighted by Gasteiger charge is 2.29. The van der Waals surface area contributed by atoms with Crippen LogP contribution in [-0.4, -0.2) is 41.5 Å². The number of hydrogen-bond acceptors (Lipinski definition) is 4. The molecule has 0 aliphatic carbocycles. The standard InChI is InChI=1S/C14H17ClN2O3/c1-2-20-14(19)17-8-6-10(7-9-17)13(18)11-4-3-5-12(15)16-11/h3-5,10H,2,6-9H2,1H3. The summed E-state index contributed by atoms with van der Waals surface area (Å²) in [4.78, 5) is 29.6. The van der Waals surface area contributed by atoms with Gasteiger partial charge in [0.05, 0.1) is 6.61 Å². The zero-order chi connectivity index (χ0) is 14.5. The zero-order valence-electron chi connectivity index (χ0n) is 11.3. The summed E-state index contributed by atoms with van der Waals surface area (Å²) in [6.07, 6.45) is 0.955. The molecule has 1 aliphatic heterocycles. The Hall–Kier alpha value is -1.62. The second-order valence-corrected chi connectivity index (χ2v) is 5.06. The van der Waals surface area contributed by atoms with Crippen molar-refractivity contribution >= 4 is 23.5 Å². The number of aromatic nitrogens is 1. The number of carbonyl (C=O) groups excluding carboxylic acids is 2. The number of pyridine rings is 1. The first-order valence-corrected chi connectivity index (χ1v) is 7.08. The highest BCUT2D eigenvalue weighted by Crippen LogP contribution is 2.22. The molecular weight excluding hydrogens is 280 g/mol. The first-order chi connectivity index (χ1) is 9.61. The molecule has 20 heavy (non-hydrogen) atoms. The number of halogens is 1. The number of ether oxygens (including phenoxy) is 1. The summed E-state index contributed by atoms with van der Waals surface area (Å²) in [5, 5.41) is 0.319. The Kier molecular flexibility index (Phi) is 4.95. The maximum Gasteiger partial charge on any atom is 0.409 e. The van der Waals surface area contributed by atoms with Crippen LogP contribution < -0.4 is 0 Å². The fraction of sp³-hybridized carbons (Fsp3) is 0.500. The van der Waals surface area contributed by atoms with Crippen LogP contribution in [0.2, 0.25) is 5.15 Å². The number of Topliss-reactive ketones (excluding diaryl/α,β-unsaturated/α-hetero) is 1. The van der Waals surface area contributed by atoms with Gasteiger partial charge in [-0.15, -0.1) is 0 Å². The fourth-order valence-electron chi connectivity index (χ4n) is 2.29. The molecule has 1 aromatic rings. The summed E-state index contributed by atoms with van der Waals surface area (Å²) < 4.78 is 4.95. The van der Waals surface area contributed by atoms with Gasteiger partial charge in [-0.3, -0.25) is 4.79 Å². The Morgan fingerprint density at radius 1 is 1.40 bits per heavy atom. The number of rotatable bonds is 3. The third kappa shape index (κ3) is 3.48. The van der Waals surface area contributed by atoms with E-state index in [1.807, 2.05) is 0 Å². The van der Waals surface area contributed by atoms with Gasteiger partial charge in [0.15, 0.2) is 5.78 Å². The Morgan fingerprint density at radius 2 is 2.10 bits per heavy atom. The van der Waals surface area contributed by atoms with Crippen LogP contribution in [0.4, 0.5) is 4.79 Å². The monoisotopic (exact) mass is 296 g/mol. The molecule has 0 unspecified atom stereocenters. The molecule has 0 N–H and O–H groups in total. The van der Waals surface area contributed by atoms with Gasteiger partial charge in [-0.1, -0.05) is 17.7 Å². The van der Waals surface area contributed by atoms with E-state index < -0.39 is 0 Å². The lowest BCUT2D eigenvalue weighted by atomic mass is 9.91. The molecule has 0 spiro atoms. The highest BCUT2D eigenvalue weighted by molar-refractivity contribution is 6.29. The van der Waals surface area contributed by atoms with Crippen molar-refractivity contribution in [2.75, 3.05) is 19.7 Å². The van der Waals surface area contributed by atoms with Gasteiger partial charge >= 0.3 is 6.09 Å². The van der Waals surface area contributed by atoms with Crippen LogP contribution in [0, 0.1) is 5.92 Å². The predicted octanol–water partition coefficient (Wildman–Crippen LogP) is 2.79. The van der Waals surface area contributed by atoms with Gasteiger partial charge in [-0.25, -0.2) is 9.78 Å². The van der Waals surface area contributed by atoms with Gasteiger partial charge in [-0.05, 0) is 31.9 Å². The summed E-state index contributed by atoms with van der Waals surface area (Å²) in [6.45, 7) is 3.22. The molecule has 1 aromatic heterocycles. The summed E-state index contributed by atoms with van der Waals surface area (Å²) in [5.74, 6) is -0.109. The lowest BCUT2D eigenvalue weighted by Crippen LogP contribution is -2.40. The van der Waals surface area contributed by atoms with E-state index in [9.17, 15) is 9.59 Å². The Balaban J connectivity index is 1.93. The minimum atomic E-state index is -0.306. The lowest BCUT2D eigenvalue weighted by Gasteiger charge is -2.30. The van der Waals surface area contributed by atoms with Crippen LogP contribution in [0.3, 0.4) is 0 Å².